The molecule has 1 aromatic carbocycles. The smallest absolute Gasteiger partial charge is 0.248 e. The molecule has 0 aliphatic carbocycles. The fourth-order valence-corrected chi connectivity index (χ4v) is 2.76. The summed E-state index contributed by atoms with van der Waals surface area (Å²) in [5, 5.41) is 2.82. The molecule has 0 radical (unpaired) electrons. The van der Waals surface area contributed by atoms with Crippen molar-refractivity contribution in [3.05, 3.63) is 54.5 Å². The summed E-state index contributed by atoms with van der Waals surface area (Å²) in [6, 6.07) is 11.3. The zero-order valence-electron chi connectivity index (χ0n) is 14.1. The Bertz CT molecular complexity index is 743. The summed E-state index contributed by atoms with van der Waals surface area (Å²) in [7, 11) is 0. The van der Waals surface area contributed by atoms with Crippen LogP contribution in [0.15, 0.2) is 53.2 Å². The van der Waals surface area contributed by atoms with Crippen LogP contribution < -0.4 is 10.2 Å². The maximum absolute atomic E-state index is 11.9. The van der Waals surface area contributed by atoms with Crippen LogP contribution >= 0.6 is 0 Å². The molecule has 1 aliphatic heterocycles. The van der Waals surface area contributed by atoms with Crippen molar-refractivity contribution in [2.75, 3.05) is 36.4 Å². The highest BCUT2D eigenvalue weighted by Gasteiger charge is 2.18. The van der Waals surface area contributed by atoms with Crippen molar-refractivity contribution in [2.24, 2.45) is 0 Å². The Hall–Kier alpha value is -3.02. The predicted molar refractivity (Wildman–Crippen MR) is 97.3 cm³/mol. The number of carbonyl (C=O) groups excluding carboxylic acids is 2. The average Bonchev–Trinajstić information content (AvgIpc) is 3.14. The number of furan rings is 1. The number of piperazine rings is 1. The Labute approximate surface area is 146 Å². The SMILES string of the molecule is CC(=O)N1CCN(c2ccc(NC(=O)/C=C\c3ccco3)cc2)CC1. The first-order valence-electron chi connectivity index (χ1n) is 8.25. The molecular formula is C19H21N3O3. The Morgan fingerprint density at radius 1 is 1.08 bits per heavy atom. The zero-order chi connectivity index (χ0) is 17.6. The van der Waals surface area contributed by atoms with Gasteiger partial charge in [-0.1, -0.05) is 0 Å². The quantitative estimate of drug-likeness (QED) is 0.870. The van der Waals surface area contributed by atoms with Gasteiger partial charge >= 0.3 is 0 Å². The molecule has 2 aromatic rings. The second kappa shape index (κ2) is 7.70. The number of anilines is 2. The second-order valence-corrected chi connectivity index (χ2v) is 5.88. The molecule has 1 aromatic heterocycles. The third kappa shape index (κ3) is 4.50. The fourth-order valence-electron chi connectivity index (χ4n) is 2.76. The van der Waals surface area contributed by atoms with E-state index < -0.39 is 0 Å². The predicted octanol–water partition coefficient (Wildman–Crippen LogP) is 2.60. The van der Waals surface area contributed by atoms with Crippen LogP contribution in [0, 0.1) is 0 Å². The summed E-state index contributed by atoms with van der Waals surface area (Å²) < 4.78 is 5.14. The highest BCUT2D eigenvalue weighted by molar-refractivity contribution is 6.01. The van der Waals surface area contributed by atoms with E-state index in [1.54, 1.807) is 31.4 Å². The number of carbonyl (C=O) groups is 2. The summed E-state index contributed by atoms with van der Waals surface area (Å²) in [5.41, 5.74) is 1.83. The molecule has 130 valence electrons. The van der Waals surface area contributed by atoms with E-state index >= 15 is 0 Å². The second-order valence-electron chi connectivity index (χ2n) is 5.88. The van der Waals surface area contributed by atoms with Gasteiger partial charge in [-0.15, -0.1) is 0 Å². The minimum atomic E-state index is -0.209. The largest absolute Gasteiger partial charge is 0.465 e. The first kappa shape index (κ1) is 16.8. The number of rotatable bonds is 4. The molecule has 0 bridgehead atoms. The number of nitrogens with zero attached hydrogens (tertiary/aromatic N) is 2. The molecule has 1 aliphatic rings. The van der Waals surface area contributed by atoms with E-state index in [0.29, 0.717) is 5.76 Å². The lowest BCUT2D eigenvalue weighted by molar-refractivity contribution is -0.129. The summed E-state index contributed by atoms with van der Waals surface area (Å²) in [6.45, 7) is 4.72. The Morgan fingerprint density at radius 3 is 2.40 bits per heavy atom. The van der Waals surface area contributed by atoms with E-state index in [4.69, 9.17) is 4.42 Å². The number of nitrogens with one attached hydrogen (secondary N) is 1. The van der Waals surface area contributed by atoms with Gasteiger partial charge in [0.15, 0.2) is 0 Å². The van der Waals surface area contributed by atoms with E-state index in [0.717, 1.165) is 37.6 Å². The fraction of sp³-hybridized carbons (Fsp3) is 0.263. The van der Waals surface area contributed by atoms with E-state index in [2.05, 4.69) is 10.2 Å². The molecule has 2 amide bonds. The lowest BCUT2D eigenvalue weighted by atomic mass is 10.2. The van der Waals surface area contributed by atoms with E-state index in [-0.39, 0.29) is 11.8 Å². The molecule has 2 heterocycles. The van der Waals surface area contributed by atoms with Crippen molar-refractivity contribution in [1.82, 2.24) is 4.90 Å². The standard InChI is InChI=1S/C19H21N3O3/c1-15(23)21-10-12-22(13-11-21)17-6-4-16(5-7-17)20-19(24)9-8-18-3-2-14-25-18/h2-9,14H,10-13H2,1H3,(H,20,24)/b9-8-. The topological polar surface area (TPSA) is 65.8 Å². The van der Waals surface area contributed by atoms with Crippen molar-refractivity contribution in [3.8, 4) is 0 Å². The van der Waals surface area contributed by atoms with Gasteiger partial charge < -0.3 is 19.5 Å². The summed E-state index contributed by atoms with van der Waals surface area (Å²) in [6.07, 6.45) is 4.62. The van der Waals surface area contributed by atoms with Crippen LogP contribution in [-0.2, 0) is 9.59 Å². The molecule has 25 heavy (non-hydrogen) atoms. The molecule has 6 heteroatoms. The van der Waals surface area contributed by atoms with Gasteiger partial charge in [0.05, 0.1) is 6.26 Å². The maximum Gasteiger partial charge on any atom is 0.248 e. The lowest BCUT2D eigenvalue weighted by Gasteiger charge is -2.35. The first-order valence-corrected chi connectivity index (χ1v) is 8.25. The van der Waals surface area contributed by atoms with Gasteiger partial charge in [-0.2, -0.15) is 0 Å². The zero-order valence-corrected chi connectivity index (χ0v) is 14.1. The number of benzene rings is 1. The lowest BCUT2D eigenvalue weighted by Crippen LogP contribution is -2.48. The average molecular weight is 339 g/mol. The summed E-state index contributed by atoms with van der Waals surface area (Å²) in [5.74, 6) is 0.551. The third-order valence-electron chi connectivity index (χ3n) is 4.17. The van der Waals surface area contributed by atoms with E-state index in [9.17, 15) is 9.59 Å². The minimum absolute atomic E-state index is 0.125. The van der Waals surface area contributed by atoms with Crippen LogP contribution in [-0.4, -0.2) is 42.9 Å². The Morgan fingerprint density at radius 2 is 1.80 bits per heavy atom. The molecule has 0 atom stereocenters. The molecule has 3 rings (SSSR count). The highest BCUT2D eigenvalue weighted by atomic mass is 16.3. The van der Waals surface area contributed by atoms with Gasteiger partial charge in [0.25, 0.3) is 0 Å². The maximum atomic E-state index is 11.9. The van der Waals surface area contributed by atoms with Gasteiger partial charge in [0.1, 0.15) is 5.76 Å². The van der Waals surface area contributed by atoms with Crippen LogP contribution in [0.5, 0.6) is 0 Å². The molecule has 6 nitrogen and oxygen atoms in total. The van der Waals surface area contributed by atoms with Gasteiger partial charge in [0.2, 0.25) is 11.8 Å². The first-order chi connectivity index (χ1) is 12.1. The molecule has 0 unspecified atom stereocenters. The highest BCUT2D eigenvalue weighted by Crippen LogP contribution is 2.19. The number of hydrogen-bond acceptors (Lipinski definition) is 4. The number of hydrogen-bond donors (Lipinski definition) is 1. The molecule has 1 saturated heterocycles. The van der Waals surface area contributed by atoms with Gasteiger partial charge in [-0.3, -0.25) is 9.59 Å². The molecule has 1 fully saturated rings. The molecule has 0 saturated carbocycles. The van der Waals surface area contributed by atoms with Crippen LogP contribution in [0.4, 0.5) is 11.4 Å². The van der Waals surface area contributed by atoms with Crippen LogP contribution in [0.25, 0.3) is 6.08 Å². The van der Waals surface area contributed by atoms with Crippen LogP contribution in [0.3, 0.4) is 0 Å². The summed E-state index contributed by atoms with van der Waals surface area (Å²) in [4.78, 5) is 27.4. The Balaban J connectivity index is 1.54. The van der Waals surface area contributed by atoms with Crippen molar-refractivity contribution in [1.29, 1.82) is 0 Å². The van der Waals surface area contributed by atoms with Crippen LogP contribution in [0.1, 0.15) is 12.7 Å². The monoisotopic (exact) mass is 339 g/mol. The van der Waals surface area contributed by atoms with Crippen molar-refractivity contribution < 1.29 is 14.0 Å². The van der Waals surface area contributed by atoms with Crippen LogP contribution in [0.2, 0.25) is 0 Å². The van der Waals surface area contributed by atoms with Crippen molar-refractivity contribution in [3.63, 3.8) is 0 Å². The Kier molecular flexibility index (Phi) is 5.18. The van der Waals surface area contributed by atoms with E-state index in [1.807, 2.05) is 29.2 Å². The van der Waals surface area contributed by atoms with Gasteiger partial charge in [-0.05, 0) is 42.5 Å². The normalized spacial score (nSPS) is 14.8. The number of amides is 2. The molecular weight excluding hydrogens is 318 g/mol. The van der Waals surface area contributed by atoms with Crippen molar-refractivity contribution in [2.45, 2.75) is 6.92 Å². The van der Waals surface area contributed by atoms with Gasteiger partial charge in [0, 0.05) is 50.6 Å². The molecule has 0 spiro atoms. The minimum Gasteiger partial charge on any atom is -0.465 e. The third-order valence-corrected chi connectivity index (χ3v) is 4.17. The van der Waals surface area contributed by atoms with Gasteiger partial charge in [-0.25, -0.2) is 0 Å². The van der Waals surface area contributed by atoms with Crippen molar-refractivity contribution >= 4 is 29.3 Å². The van der Waals surface area contributed by atoms with E-state index in [1.165, 1.54) is 6.08 Å². The summed E-state index contributed by atoms with van der Waals surface area (Å²) >= 11 is 0. The molecule has 1 N–H and O–H groups in total.